The Labute approximate surface area is 102 Å². The van der Waals surface area contributed by atoms with Crippen molar-refractivity contribution in [2.75, 3.05) is 5.73 Å². The minimum Gasteiger partial charge on any atom is -0.488 e. The summed E-state index contributed by atoms with van der Waals surface area (Å²) in [5, 5.41) is 0. The van der Waals surface area contributed by atoms with Crippen LogP contribution in [0.25, 0.3) is 0 Å². The van der Waals surface area contributed by atoms with Crippen LogP contribution >= 0.6 is 0 Å². The number of carbonyl (C=O) groups is 1. The molecule has 4 N–H and O–H groups in total. The molecule has 17 heavy (non-hydrogen) atoms. The number of amides is 1. The molecule has 0 aromatic heterocycles. The van der Waals surface area contributed by atoms with E-state index in [1.807, 2.05) is 6.92 Å². The predicted molar refractivity (Wildman–Crippen MR) is 68.9 cm³/mol. The normalized spacial score (nSPS) is 12.5. The van der Waals surface area contributed by atoms with Gasteiger partial charge in [0.1, 0.15) is 0 Å². The molecule has 1 amide bonds. The number of rotatable bonds is 5. The Morgan fingerprint density at radius 1 is 1.35 bits per heavy atom. The van der Waals surface area contributed by atoms with E-state index in [0.717, 1.165) is 6.42 Å². The van der Waals surface area contributed by atoms with Crippen LogP contribution in [0.4, 0.5) is 5.69 Å². The molecule has 0 aliphatic heterocycles. The van der Waals surface area contributed by atoms with Gasteiger partial charge in [0, 0.05) is 0 Å². The Bertz CT molecular complexity index is 402. The second kappa shape index (κ2) is 5.57. The zero-order valence-electron chi connectivity index (χ0n) is 10.6. The Morgan fingerprint density at radius 2 is 2.00 bits per heavy atom. The van der Waals surface area contributed by atoms with Gasteiger partial charge in [-0.2, -0.15) is 0 Å². The molecule has 1 atom stereocenters. The first-order valence-electron chi connectivity index (χ1n) is 5.76. The number of nitrogen functional groups attached to an aromatic ring is 1. The molecular formula is C13H20N2O2. The number of carbonyl (C=O) groups excluding carboxylic acids is 1. The van der Waals surface area contributed by atoms with Crippen molar-refractivity contribution in [3.8, 4) is 5.75 Å². The summed E-state index contributed by atoms with van der Waals surface area (Å²) in [6.07, 6.45) is 0.893. The Hall–Kier alpha value is -1.71. The second-order valence-electron chi connectivity index (χ2n) is 4.65. The van der Waals surface area contributed by atoms with Crippen molar-refractivity contribution in [2.45, 2.75) is 33.3 Å². The number of para-hydroxylation sites is 1. The maximum absolute atomic E-state index is 11.3. The highest BCUT2D eigenvalue weighted by Gasteiger charge is 2.15. The fourth-order valence-electron chi connectivity index (χ4n) is 1.79. The molecular weight excluding hydrogens is 216 g/mol. The summed E-state index contributed by atoms with van der Waals surface area (Å²) in [4.78, 5) is 11.3. The number of ether oxygens (including phenoxy) is 1. The van der Waals surface area contributed by atoms with E-state index >= 15 is 0 Å². The first-order chi connectivity index (χ1) is 7.91. The van der Waals surface area contributed by atoms with Gasteiger partial charge in [-0.05, 0) is 31.4 Å². The van der Waals surface area contributed by atoms with Crippen molar-refractivity contribution in [3.05, 3.63) is 23.8 Å². The molecule has 1 rings (SSSR count). The monoisotopic (exact) mass is 236 g/mol. The number of hydrogen-bond donors (Lipinski definition) is 2. The number of anilines is 1. The van der Waals surface area contributed by atoms with Crippen LogP contribution < -0.4 is 16.2 Å². The molecule has 1 aromatic carbocycles. The number of hydrogen-bond acceptors (Lipinski definition) is 3. The largest absolute Gasteiger partial charge is 0.488 e. The maximum atomic E-state index is 11.3. The van der Waals surface area contributed by atoms with Crippen LogP contribution in [0, 0.1) is 5.92 Å². The highest BCUT2D eigenvalue weighted by Crippen LogP contribution is 2.28. The third-order valence-corrected chi connectivity index (χ3v) is 2.43. The standard InChI is InChI=1S/C13H20N2O2/c1-8(2)7-9(3)17-12-10(13(15)16)5-4-6-11(12)14/h4-6,8-9H,7,14H2,1-3H3,(H2,15,16). The lowest BCUT2D eigenvalue weighted by Gasteiger charge is -2.19. The number of nitrogens with two attached hydrogens (primary N) is 2. The predicted octanol–water partition coefficient (Wildman–Crippen LogP) is 2.18. The van der Waals surface area contributed by atoms with Gasteiger partial charge in [-0.3, -0.25) is 4.79 Å². The highest BCUT2D eigenvalue weighted by atomic mass is 16.5. The molecule has 1 aromatic rings. The molecule has 0 saturated carbocycles. The van der Waals surface area contributed by atoms with E-state index in [2.05, 4.69) is 13.8 Å². The van der Waals surface area contributed by atoms with Crippen molar-refractivity contribution in [1.82, 2.24) is 0 Å². The molecule has 0 saturated heterocycles. The average Bonchev–Trinajstić information content (AvgIpc) is 2.19. The summed E-state index contributed by atoms with van der Waals surface area (Å²) in [5.41, 5.74) is 11.9. The first kappa shape index (κ1) is 13.4. The van der Waals surface area contributed by atoms with Gasteiger partial charge in [-0.15, -0.1) is 0 Å². The molecule has 4 heteroatoms. The van der Waals surface area contributed by atoms with Gasteiger partial charge in [0.25, 0.3) is 5.91 Å². The summed E-state index contributed by atoms with van der Waals surface area (Å²) in [7, 11) is 0. The summed E-state index contributed by atoms with van der Waals surface area (Å²) < 4.78 is 5.72. The van der Waals surface area contributed by atoms with Crippen molar-refractivity contribution >= 4 is 11.6 Å². The first-order valence-corrected chi connectivity index (χ1v) is 5.76. The summed E-state index contributed by atoms with van der Waals surface area (Å²) >= 11 is 0. The van der Waals surface area contributed by atoms with Crippen LogP contribution in [-0.2, 0) is 0 Å². The van der Waals surface area contributed by atoms with Gasteiger partial charge >= 0.3 is 0 Å². The van der Waals surface area contributed by atoms with E-state index in [-0.39, 0.29) is 6.10 Å². The number of primary amides is 1. The molecule has 0 aliphatic carbocycles. The van der Waals surface area contributed by atoms with E-state index in [0.29, 0.717) is 22.9 Å². The number of benzene rings is 1. The summed E-state index contributed by atoms with van der Waals surface area (Å²) in [6, 6.07) is 5.01. The van der Waals surface area contributed by atoms with Crippen molar-refractivity contribution in [3.63, 3.8) is 0 Å². The zero-order valence-corrected chi connectivity index (χ0v) is 10.6. The van der Waals surface area contributed by atoms with E-state index in [1.54, 1.807) is 18.2 Å². The van der Waals surface area contributed by atoms with Gasteiger partial charge in [0.05, 0.1) is 17.4 Å². The average molecular weight is 236 g/mol. The quantitative estimate of drug-likeness (QED) is 0.769. The zero-order chi connectivity index (χ0) is 13.0. The van der Waals surface area contributed by atoms with E-state index in [1.165, 1.54) is 0 Å². The maximum Gasteiger partial charge on any atom is 0.252 e. The molecule has 0 fully saturated rings. The molecule has 0 spiro atoms. The van der Waals surface area contributed by atoms with Crippen molar-refractivity contribution < 1.29 is 9.53 Å². The minimum atomic E-state index is -0.524. The second-order valence-corrected chi connectivity index (χ2v) is 4.65. The van der Waals surface area contributed by atoms with Crippen LogP contribution in [0.3, 0.4) is 0 Å². The smallest absolute Gasteiger partial charge is 0.252 e. The van der Waals surface area contributed by atoms with Crippen molar-refractivity contribution in [2.24, 2.45) is 11.7 Å². The lowest BCUT2D eigenvalue weighted by Crippen LogP contribution is -2.19. The molecule has 0 radical (unpaired) electrons. The Morgan fingerprint density at radius 3 is 2.53 bits per heavy atom. The van der Waals surface area contributed by atoms with Gasteiger partial charge in [0.15, 0.2) is 5.75 Å². The van der Waals surface area contributed by atoms with Crippen LogP contribution in [-0.4, -0.2) is 12.0 Å². The third kappa shape index (κ3) is 3.66. The van der Waals surface area contributed by atoms with Crippen LogP contribution in [0.2, 0.25) is 0 Å². The lowest BCUT2D eigenvalue weighted by molar-refractivity contribution is 0.0993. The SMILES string of the molecule is CC(C)CC(C)Oc1c(N)cccc1C(N)=O. The fourth-order valence-corrected chi connectivity index (χ4v) is 1.79. The fraction of sp³-hybridized carbons (Fsp3) is 0.462. The van der Waals surface area contributed by atoms with Crippen molar-refractivity contribution in [1.29, 1.82) is 0 Å². The molecule has 4 nitrogen and oxygen atoms in total. The van der Waals surface area contributed by atoms with E-state index < -0.39 is 5.91 Å². The van der Waals surface area contributed by atoms with Crippen LogP contribution in [0.5, 0.6) is 5.75 Å². The highest BCUT2D eigenvalue weighted by molar-refractivity contribution is 5.97. The molecule has 1 unspecified atom stereocenters. The Balaban J connectivity index is 2.92. The summed E-state index contributed by atoms with van der Waals surface area (Å²) in [6.45, 7) is 6.18. The summed E-state index contributed by atoms with van der Waals surface area (Å²) in [5.74, 6) is 0.393. The molecule has 0 heterocycles. The topological polar surface area (TPSA) is 78.3 Å². The lowest BCUT2D eigenvalue weighted by atomic mass is 10.1. The van der Waals surface area contributed by atoms with Gasteiger partial charge < -0.3 is 16.2 Å². The van der Waals surface area contributed by atoms with Gasteiger partial charge in [-0.1, -0.05) is 19.9 Å². The van der Waals surface area contributed by atoms with Gasteiger partial charge in [0.2, 0.25) is 0 Å². The minimum absolute atomic E-state index is 0.00204. The molecule has 0 aliphatic rings. The molecule has 94 valence electrons. The van der Waals surface area contributed by atoms with Crippen LogP contribution in [0.15, 0.2) is 18.2 Å². The third-order valence-electron chi connectivity index (χ3n) is 2.43. The molecule has 0 bridgehead atoms. The van der Waals surface area contributed by atoms with E-state index in [9.17, 15) is 4.79 Å². The van der Waals surface area contributed by atoms with Crippen LogP contribution in [0.1, 0.15) is 37.6 Å². The Kier molecular flexibility index (Phi) is 4.37. The van der Waals surface area contributed by atoms with Gasteiger partial charge in [-0.25, -0.2) is 0 Å². The van der Waals surface area contributed by atoms with E-state index in [4.69, 9.17) is 16.2 Å².